The van der Waals surface area contributed by atoms with Gasteiger partial charge in [-0.05, 0) is 12.1 Å². The molecule has 1 aromatic carbocycles. The molecule has 0 spiro atoms. The van der Waals surface area contributed by atoms with Crippen LogP contribution in [0.4, 0.5) is 0 Å². The molecule has 124 valence electrons. The number of carbonyl (C=O) groups excluding carboxylic acids is 1. The van der Waals surface area contributed by atoms with E-state index in [9.17, 15) is 14.4 Å². The number of para-hydroxylation sites is 1. The molecular weight excluding hydrogens is 326 g/mol. The van der Waals surface area contributed by atoms with Gasteiger partial charge in [0.15, 0.2) is 0 Å². The third kappa shape index (κ3) is 2.21. The van der Waals surface area contributed by atoms with Crippen molar-refractivity contribution in [2.24, 2.45) is 0 Å². The highest BCUT2D eigenvalue weighted by Gasteiger charge is 2.22. The Morgan fingerprint density at radius 3 is 2.80 bits per heavy atom. The Morgan fingerprint density at radius 2 is 2.00 bits per heavy atom. The quantitative estimate of drug-likeness (QED) is 0.533. The first kappa shape index (κ1) is 14.8. The molecule has 0 amide bonds. The molecule has 1 aromatic heterocycles. The van der Waals surface area contributed by atoms with Crippen LogP contribution in [0, 0.1) is 0 Å². The molecule has 9 nitrogen and oxygen atoms in total. The molecule has 2 aliphatic rings. The lowest BCUT2D eigenvalue weighted by Crippen LogP contribution is -2.27. The Labute approximate surface area is 139 Å². The van der Waals surface area contributed by atoms with Crippen molar-refractivity contribution < 1.29 is 9.53 Å². The monoisotopic (exact) mass is 337 g/mol. The highest BCUT2D eigenvalue weighted by molar-refractivity contribution is 5.95. The molecule has 0 aliphatic carbocycles. The molecule has 3 heterocycles. The highest BCUT2D eigenvalue weighted by Crippen LogP contribution is 2.20. The Kier molecular flexibility index (Phi) is 3.21. The molecule has 25 heavy (non-hydrogen) atoms. The summed E-state index contributed by atoms with van der Waals surface area (Å²) in [6, 6.07) is 6.89. The summed E-state index contributed by atoms with van der Waals surface area (Å²) in [6.45, 7) is 0. The number of hydrogen-bond donors (Lipinski definition) is 1. The van der Waals surface area contributed by atoms with Crippen LogP contribution in [-0.2, 0) is 4.74 Å². The van der Waals surface area contributed by atoms with E-state index in [0.29, 0.717) is 10.9 Å². The van der Waals surface area contributed by atoms with E-state index in [4.69, 9.17) is 4.74 Å². The number of nitrogens with one attached hydrogen (secondary N) is 1. The summed E-state index contributed by atoms with van der Waals surface area (Å²) in [5.41, 5.74) is 0.112. The Balaban J connectivity index is 2.05. The number of esters is 1. The number of pyridine rings is 1. The summed E-state index contributed by atoms with van der Waals surface area (Å²) in [5.74, 6) is -0.673. The highest BCUT2D eigenvalue weighted by atomic mass is 16.5. The molecule has 0 bridgehead atoms. The number of benzene rings is 1. The minimum atomic E-state index is -0.673. The second kappa shape index (κ2) is 5.41. The maximum Gasteiger partial charge on any atom is 0.341 e. The number of fused-ring (bicyclic) bond motifs is 2. The van der Waals surface area contributed by atoms with E-state index in [1.54, 1.807) is 24.3 Å². The van der Waals surface area contributed by atoms with Crippen molar-refractivity contribution in [2.45, 2.75) is 0 Å². The van der Waals surface area contributed by atoms with Gasteiger partial charge in [0.25, 0.3) is 11.1 Å². The van der Waals surface area contributed by atoms with Crippen LogP contribution in [0.2, 0.25) is 0 Å². The zero-order valence-corrected chi connectivity index (χ0v) is 13.0. The summed E-state index contributed by atoms with van der Waals surface area (Å²) in [5, 5.41) is 6.54. The van der Waals surface area contributed by atoms with Gasteiger partial charge in [-0.15, -0.1) is 0 Å². The lowest BCUT2D eigenvalue weighted by molar-refractivity contribution is 0.0600. The van der Waals surface area contributed by atoms with Crippen LogP contribution in [0.5, 0.6) is 0 Å². The van der Waals surface area contributed by atoms with E-state index in [1.165, 1.54) is 35.2 Å². The van der Waals surface area contributed by atoms with E-state index in [0.717, 1.165) is 0 Å². The van der Waals surface area contributed by atoms with Gasteiger partial charge >= 0.3 is 5.97 Å². The number of rotatable bonds is 2. The Hall–Kier alpha value is -3.75. The van der Waals surface area contributed by atoms with E-state index in [1.807, 2.05) is 0 Å². The van der Waals surface area contributed by atoms with Crippen LogP contribution in [0.15, 0.2) is 52.6 Å². The van der Waals surface area contributed by atoms with Gasteiger partial charge in [-0.3, -0.25) is 14.3 Å². The van der Waals surface area contributed by atoms with Crippen LogP contribution in [0.25, 0.3) is 22.2 Å². The lowest BCUT2D eigenvalue weighted by Gasteiger charge is -2.13. The molecule has 4 rings (SSSR count). The number of aromatic amines is 1. The number of H-pyrrole nitrogens is 1. The smallest absolute Gasteiger partial charge is 0.341 e. The topological polar surface area (TPSA) is 112 Å². The number of methoxy groups -OCH3 is 1. The molecule has 0 unspecified atom stereocenters. The van der Waals surface area contributed by atoms with Crippen molar-refractivity contribution in [3.63, 3.8) is 0 Å². The fourth-order valence-corrected chi connectivity index (χ4v) is 2.63. The largest absolute Gasteiger partial charge is 0.465 e. The number of ether oxygens (including phenoxy) is 1. The average Bonchev–Trinajstić information content (AvgIpc) is 3.02. The predicted molar refractivity (Wildman–Crippen MR) is 87.6 cm³/mol. The van der Waals surface area contributed by atoms with E-state index in [-0.39, 0.29) is 22.4 Å². The van der Waals surface area contributed by atoms with E-state index >= 15 is 0 Å². The summed E-state index contributed by atoms with van der Waals surface area (Å²) in [7, 11) is 1.22. The van der Waals surface area contributed by atoms with Gasteiger partial charge in [0.05, 0.1) is 23.6 Å². The zero-order valence-electron chi connectivity index (χ0n) is 13.0. The molecule has 9 heteroatoms. The van der Waals surface area contributed by atoms with Gasteiger partial charge in [-0.2, -0.15) is 5.10 Å². The first-order valence-electron chi connectivity index (χ1n) is 7.26. The van der Waals surface area contributed by atoms with Crippen molar-refractivity contribution in [1.29, 1.82) is 0 Å². The molecule has 0 fully saturated rings. The molecule has 0 atom stereocenters. The summed E-state index contributed by atoms with van der Waals surface area (Å²) in [4.78, 5) is 40.9. The average molecular weight is 337 g/mol. The van der Waals surface area contributed by atoms with Gasteiger partial charge in [0.2, 0.25) is 0 Å². The van der Waals surface area contributed by atoms with Gasteiger partial charge in [0.1, 0.15) is 17.6 Å². The first-order valence-corrected chi connectivity index (χ1v) is 7.26. The molecular formula is C16H11N5O4. The van der Waals surface area contributed by atoms with Crippen LogP contribution >= 0.6 is 0 Å². The van der Waals surface area contributed by atoms with Crippen LogP contribution < -0.4 is 11.1 Å². The van der Waals surface area contributed by atoms with Gasteiger partial charge < -0.3 is 4.74 Å². The standard InChI is InChI=1S/C16H11N5O4/c1-25-16(24)11-7-20(6-10-13(11)18-19-14(10)22)21-8-17-12-5-3-2-4-9(12)15(21)23/h2-8H,1H3,(H,19,22). The summed E-state index contributed by atoms with van der Waals surface area (Å²) >= 11 is 0. The normalized spacial score (nSPS) is 11.1. The predicted octanol–water partition coefficient (Wildman–Crippen LogP) is 0.484. The minimum Gasteiger partial charge on any atom is -0.465 e. The van der Waals surface area contributed by atoms with Crippen LogP contribution in [0.1, 0.15) is 10.4 Å². The molecule has 0 radical (unpaired) electrons. The number of carbonyl (C=O) groups is 1. The Bertz CT molecular complexity index is 1200. The van der Waals surface area contributed by atoms with Gasteiger partial charge in [0, 0.05) is 12.4 Å². The maximum absolute atomic E-state index is 12.7. The fraction of sp³-hybridized carbons (Fsp3) is 0.0625. The second-order valence-electron chi connectivity index (χ2n) is 5.27. The molecule has 2 aliphatic heterocycles. The SMILES string of the molecule is COC(=O)c1cn(-n2cnc3ccccc3c2=O)cc2c(=O)[nH]nc1-2. The second-order valence-corrected chi connectivity index (χ2v) is 5.27. The van der Waals surface area contributed by atoms with Crippen molar-refractivity contribution in [2.75, 3.05) is 7.11 Å². The molecule has 2 aromatic rings. The van der Waals surface area contributed by atoms with Crippen molar-refractivity contribution in [3.8, 4) is 11.3 Å². The van der Waals surface area contributed by atoms with Crippen molar-refractivity contribution >= 4 is 16.9 Å². The number of hydrogen-bond acceptors (Lipinski definition) is 6. The minimum absolute atomic E-state index is 0.0541. The van der Waals surface area contributed by atoms with Crippen molar-refractivity contribution in [1.82, 2.24) is 24.5 Å². The molecule has 0 saturated carbocycles. The third-order valence-corrected chi connectivity index (χ3v) is 3.85. The first-order chi connectivity index (χ1) is 12.1. The van der Waals surface area contributed by atoms with Crippen LogP contribution in [-0.4, -0.2) is 37.6 Å². The lowest BCUT2D eigenvalue weighted by atomic mass is 10.1. The van der Waals surface area contributed by atoms with E-state index < -0.39 is 11.5 Å². The van der Waals surface area contributed by atoms with Gasteiger partial charge in [-0.1, -0.05) is 12.1 Å². The number of nitrogens with zero attached hydrogens (tertiary/aromatic N) is 4. The number of aromatic nitrogens is 5. The Morgan fingerprint density at radius 1 is 1.20 bits per heavy atom. The van der Waals surface area contributed by atoms with Crippen molar-refractivity contribution in [3.05, 3.63) is 69.3 Å². The van der Waals surface area contributed by atoms with Gasteiger partial charge in [-0.25, -0.2) is 19.6 Å². The van der Waals surface area contributed by atoms with Crippen LogP contribution in [0.3, 0.4) is 0 Å². The summed E-state index contributed by atoms with van der Waals surface area (Å²) < 4.78 is 7.24. The maximum atomic E-state index is 12.7. The summed E-state index contributed by atoms with van der Waals surface area (Å²) in [6.07, 6.45) is 4.10. The zero-order chi connectivity index (χ0) is 17.6. The van der Waals surface area contributed by atoms with E-state index in [2.05, 4.69) is 15.2 Å². The third-order valence-electron chi connectivity index (χ3n) is 3.85. The molecule has 0 saturated heterocycles. The molecule has 1 N–H and O–H groups in total. The fourth-order valence-electron chi connectivity index (χ4n) is 2.63.